The Hall–Kier alpha value is -0.810. The molecule has 0 saturated heterocycles. The second-order valence-electron chi connectivity index (χ2n) is 1.69. The summed E-state index contributed by atoms with van der Waals surface area (Å²) in [7, 11) is 1.65. The Balaban J connectivity index is 3.07. The maximum Gasteiger partial charge on any atom is 0.349 e. The predicted octanol–water partition coefficient (Wildman–Crippen LogP) is 1.54. The van der Waals surface area contributed by atoms with E-state index in [2.05, 4.69) is 10.3 Å². The number of halogens is 1. The largest absolute Gasteiger partial charge is 0.477 e. The van der Waals surface area contributed by atoms with Crippen LogP contribution >= 0.6 is 22.9 Å². The summed E-state index contributed by atoms with van der Waals surface area (Å²) in [5.41, 5.74) is 0. The standard InChI is InChI=1S/C5H5ClN2O2S/c1-7-5-8-3(6)2(11-5)4(9)10/h1H3,(H,7,8)(H,9,10). The number of rotatable bonds is 2. The van der Waals surface area contributed by atoms with Crippen LogP contribution in [0.2, 0.25) is 5.15 Å². The van der Waals surface area contributed by atoms with E-state index in [0.29, 0.717) is 5.13 Å². The fourth-order valence-corrected chi connectivity index (χ4v) is 1.52. The molecule has 0 radical (unpaired) electrons. The second-order valence-corrected chi connectivity index (χ2v) is 3.05. The van der Waals surface area contributed by atoms with Crippen molar-refractivity contribution in [2.24, 2.45) is 0 Å². The lowest BCUT2D eigenvalue weighted by Gasteiger charge is -1.85. The molecular weight excluding hydrogens is 188 g/mol. The highest BCUT2D eigenvalue weighted by Crippen LogP contribution is 2.25. The molecule has 60 valence electrons. The van der Waals surface area contributed by atoms with E-state index in [-0.39, 0.29) is 10.0 Å². The van der Waals surface area contributed by atoms with Crippen LogP contribution in [0.25, 0.3) is 0 Å². The van der Waals surface area contributed by atoms with Crippen LogP contribution < -0.4 is 5.32 Å². The van der Waals surface area contributed by atoms with Crippen LogP contribution in [0.1, 0.15) is 9.67 Å². The number of aromatic nitrogens is 1. The Kier molecular flexibility index (Phi) is 2.31. The van der Waals surface area contributed by atoms with E-state index in [4.69, 9.17) is 16.7 Å². The van der Waals surface area contributed by atoms with Crippen LogP contribution in [0.5, 0.6) is 0 Å². The molecule has 0 unspecified atom stereocenters. The van der Waals surface area contributed by atoms with E-state index in [1.807, 2.05) is 0 Å². The van der Waals surface area contributed by atoms with Crippen molar-refractivity contribution in [2.45, 2.75) is 0 Å². The monoisotopic (exact) mass is 192 g/mol. The summed E-state index contributed by atoms with van der Waals surface area (Å²) in [4.78, 5) is 14.2. The van der Waals surface area contributed by atoms with E-state index in [0.717, 1.165) is 11.3 Å². The van der Waals surface area contributed by atoms with Gasteiger partial charge in [-0.15, -0.1) is 0 Å². The minimum atomic E-state index is -1.05. The Morgan fingerprint density at radius 2 is 2.45 bits per heavy atom. The van der Waals surface area contributed by atoms with Crippen molar-refractivity contribution in [3.05, 3.63) is 10.0 Å². The van der Waals surface area contributed by atoms with Gasteiger partial charge in [-0.05, 0) is 0 Å². The molecule has 11 heavy (non-hydrogen) atoms. The predicted molar refractivity (Wildman–Crippen MR) is 43.6 cm³/mol. The first-order valence-electron chi connectivity index (χ1n) is 2.72. The van der Waals surface area contributed by atoms with Gasteiger partial charge in [0.25, 0.3) is 0 Å². The van der Waals surface area contributed by atoms with Crippen LogP contribution in [0, 0.1) is 0 Å². The number of nitrogens with zero attached hydrogens (tertiary/aromatic N) is 1. The van der Waals surface area contributed by atoms with Crippen molar-refractivity contribution in [3.63, 3.8) is 0 Å². The van der Waals surface area contributed by atoms with Gasteiger partial charge in [0.05, 0.1) is 0 Å². The fraction of sp³-hybridized carbons (Fsp3) is 0.200. The van der Waals surface area contributed by atoms with Crippen LogP contribution in [0.4, 0.5) is 5.13 Å². The van der Waals surface area contributed by atoms with Gasteiger partial charge in [0, 0.05) is 7.05 Å². The summed E-state index contributed by atoms with van der Waals surface area (Å²) in [6, 6.07) is 0. The number of nitrogens with one attached hydrogen (secondary N) is 1. The average Bonchev–Trinajstić information content (AvgIpc) is 2.30. The van der Waals surface area contributed by atoms with Gasteiger partial charge in [-0.25, -0.2) is 9.78 Å². The molecule has 0 atom stereocenters. The van der Waals surface area contributed by atoms with Gasteiger partial charge in [-0.1, -0.05) is 22.9 Å². The topological polar surface area (TPSA) is 62.2 Å². The minimum Gasteiger partial charge on any atom is -0.477 e. The van der Waals surface area contributed by atoms with Crippen LogP contribution in [0.3, 0.4) is 0 Å². The maximum atomic E-state index is 10.4. The van der Waals surface area contributed by atoms with Crippen molar-refractivity contribution in [1.82, 2.24) is 4.98 Å². The zero-order valence-electron chi connectivity index (χ0n) is 5.59. The zero-order valence-corrected chi connectivity index (χ0v) is 7.16. The number of thiazole rings is 1. The van der Waals surface area contributed by atoms with E-state index in [1.165, 1.54) is 0 Å². The van der Waals surface area contributed by atoms with Crippen molar-refractivity contribution in [3.8, 4) is 0 Å². The van der Waals surface area contributed by atoms with E-state index < -0.39 is 5.97 Å². The molecule has 0 spiro atoms. The SMILES string of the molecule is CNc1nc(Cl)c(C(=O)O)s1. The summed E-state index contributed by atoms with van der Waals surface area (Å²) in [6.07, 6.45) is 0. The third kappa shape index (κ3) is 1.61. The molecule has 0 aliphatic carbocycles. The highest BCUT2D eigenvalue weighted by Gasteiger charge is 2.14. The lowest BCUT2D eigenvalue weighted by molar-refractivity contribution is 0.0702. The number of carbonyl (C=O) groups is 1. The summed E-state index contributed by atoms with van der Waals surface area (Å²) < 4.78 is 0. The van der Waals surface area contributed by atoms with Gasteiger partial charge in [0.15, 0.2) is 15.2 Å². The quantitative estimate of drug-likeness (QED) is 0.746. The molecule has 0 aromatic carbocycles. The molecule has 2 N–H and O–H groups in total. The van der Waals surface area contributed by atoms with Crippen LogP contribution in [-0.4, -0.2) is 23.1 Å². The molecule has 0 aliphatic rings. The molecule has 1 aromatic rings. The Morgan fingerprint density at radius 3 is 2.73 bits per heavy atom. The third-order valence-electron chi connectivity index (χ3n) is 0.994. The normalized spacial score (nSPS) is 9.64. The van der Waals surface area contributed by atoms with Crippen LogP contribution in [-0.2, 0) is 0 Å². The smallest absolute Gasteiger partial charge is 0.349 e. The second kappa shape index (κ2) is 3.06. The highest BCUT2D eigenvalue weighted by atomic mass is 35.5. The van der Waals surface area contributed by atoms with Gasteiger partial charge in [0.1, 0.15) is 0 Å². The lowest BCUT2D eigenvalue weighted by Crippen LogP contribution is -1.91. The molecule has 0 fully saturated rings. The van der Waals surface area contributed by atoms with E-state index >= 15 is 0 Å². The average molecular weight is 193 g/mol. The molecule has 0 amide bonds. The van der Waals surface area contributed by atoms with E-state index in [1.54, 1.807) is 7.05 Å². The first-order valence-corrected chi connectivity index (χ1v) is 3.92. The summed E-state index contributed by atoms with van der Waals surface area (Å²) in [5, 5.41) is 11.8. The number of hydrogen-bond donors (Lipinski definition) is 2. The molecule has 0 saturated carbocycles. The van der Waals surface area contributed by atoms with Gasteiger partial charge in [-0.3, -0.25) is 0 Å². The van der Waals surface area contributed by atoms with Crippen molar-refractivity contribution >= 4 is 34.0 Å². The molecular formula is C5H5ClN2O2S. The number of carboxylic acid groups (broad SMARTS) is 1. The Morgan fingerprint density at radius 1 is 1.82 bits per heavy atom. The minimum absolute atomic E-state index is 0.0341. The molecule has 0 aliphatic heterocycles. The first kappa shape index (κ1) is 8.29. The first-order chi connectivity index (χ1) is 5.15. The number of aromatic carboxylic acids is 1. The fourth-order valence-electron chi connectivity index (χ4n) is 0.540. The van der Waals surface area contributed by atoms with Crippen molar-refractivity contribution in [2.75, 3.05) is 12.4 Å². The summed E-state index contributed by atoms with van der Waals surface area (Å²) >= 11 is 6.51. The van der Waals surface area contributed by atoms with Crippen LogP contribution in [0.15, 0.2) is 0 Å². The highest BCUT2D eigenvalue weighted by molar-refractivity contribution is 7.17. The van der Waals surface area contributed by atoms with Gasteiger partial charge in [0.2, 0.25) is 0 Å². The zero-order chi connectivity index (χ0) is 8.43. The Labute approximate surface area is 71.8 Å². The Bertz CT molecular complexity index is 286. The number of anilines is 1. The molecule has 4 nitrogen and oxygen atoms in total. The summed E-state index contributed by atoms with van der Waals surface area (Å²) in [6.45, 7) is 0. The van der Waals surface area contributed by atoms with Crippen molar-refractivity contribution in [1.29, 1.82) is 0 Å². The maximum absolute atomic E-state index is 10.4. The molecule has 1 heterocycles. The summed E-state index contributed by atoms with van der Waals surface area (Å²) in [5.74, 6) is -1.05. The van der Waals surface area contributed by atoms with E-state index in [9.17, 15) is 4.79 Å². The number of carboxylic acids is 1. The molecule has 1 rings (SSSR count). The number of hydrogen-bond acceptors (Lipinski definition) is 4. The molecule has 0 bridgehead atoms. The van der Waals surface area contributed by atoms with Crippen molar-refractivity contribution < 1.29 is 9.90 Å². The lowest BCUT2D eigenvalue weighted by atomic mass is 10.6. The van der Waals surface area contributed by atoms with Gasteiger partial charge < -0.3 is 10.4 Å². The van der Waals surface area contributed by atoms with Gasteiger partial charge >= 0.3 is 5.97 Å². The van der Waals surface area contributed by atoms with Gasteiger partial charge in [-0.2, -0.15) is 0 Å². The molecule has 1 aromatic heterocycles. The molecule has 6 heteroatoms. The third-order valence-corrected chi connectivity index (χ3v) is 2.44.